The summed E-state index contributed by atoms with van der Waals surface area (Å²) in [7, 11) is 0. The Kier molecular flexibility index (Phi) is 4.92. The fraction of sp³-hybridized carbons (Fsp3) is 0.462. The molecule has 0 saturated carbocycles. The van der Waals surface area contributed by atoms with Crippen LogP contribution < -0.4 is 10.6 Å². The van der Waals surface area contributed by atoms with Gasteiger partial charge in [-0.25, -0.2) is 0 Å². The standard InChI is InChI=1S/C13H16ClN3O3/c14-9-3-4-12(17(19)20)11(8-9)13(18)16-7-5-10-2-1-6-15-10/h3-4,8,10,15H,1-2,5-7H2,(H,16,18)/t10-/m1/s1. The van der Waals surface area contributed by atoms with Crippen molar-refractivity contribution in [3.05, 3.63) is 38.9 Å². The molecule has 7 heteroatoms. The van der Waals surface area contributed by atoms with Crippen LogP contribution in [0.1, 0.15) is 29.6 Å². The Bertz CT molecular complexity index is 516. The predicted octanol–water partition coefficient (Wildman–Crippen LogP) is 2.12. The summed E-state index contributed by atoms with van der Waals surface area (Å²) < 4.78 is 0. The van der Waals surface area contributed by atoms with Crippen molar-refractivity contribution >= 4 is 23.2 Å². The molecule has 0 aromatic heterocycles. The van der Waals surface area contributed by atoms with Crippen LogP contribution in [0.25, 0.3) is 0 Å². The molecule has 2 N–H and O–H groups in total. The zero-order valence-corrected chi connectivity index (χ0v) is 11.7. The van der Waals surface area contributed by atoms with Crippen LogP contribution in [-0.2, 0) is 0 Å². The highest BCUT2D eigenvalue weighted by Crippen LogP contribution is 2.22. The van der Waals surface area contributed by atoms with Crippen molar-refractivity contribution < 1.29 is 9.72 Å². The first-order chi connectivity index (χ1) is 9.58. The lowest BCUT2D eigenvalue weighted by atomic mass is 10.1. The van der Waals surface area contributed by atoms with Crippen molar-refractivity contribution in [1.82, 2.24) is 10.6 Å². The van der Waals surface area contributed by atoms with Crippen LogP contribution in [0.15, 0.2) is 18.2 Å². The van der Waals surface area contributed by atoms with E-state index in [1.165, 1.54) is 18.2 Å². The van der Waals surface area contributed by atoms with Gasteiger partial charge in [-0.05, 0) is 37.9 Å². The number of hydrogen-bond acceptors (Lipinski definition) is 4. The lowest BCUT2D eigenvalue weighted by Crippen LogP contribution is -2.30. The van der Waals surface area contributed by atoms with Gasteiger partial charge in [0.1, 0.15) is 5.56 Å². The minimum absolute atomic E-state index is 0.00174. The van der Waals surface area contributed by atoms with E-state index >= 15 is 0 Å². The summed E-state index contributed by atoms with van der Waals surface area (Å²) in [6.07, 6.45) is 3.08. The summed E-state index contributed by atoms with van der Waals surface area (Å²) >= 11 is 5.79. The second-order valence-corrected chi connectivity index (χ2v) is 5.19. The van der Waals surface area contributed by atoms with Crippen molar-refractivity contribution in [1.29, 1.82) is 0 Å². The van der Waals surface area contributed by atoms with E-state index in [0.29, 0.717) is 17.6 Å². The molecule has 1 aliphatic heterocycles. The lowest BCUT2D eigenvalue weighted by Gasteiger charge is -2.11. The average molecular weight is 298 g/mol. The lowest BCUT2D eigenvalue weighted by molar-refractivity contribution is -0.385. The van der Waals surface area contributed by atoms with Crippen LogP contribution in [-0.4, -0.2) is 30.0 Å². The summed E-state index contributed by atoms with van der Waals surface area (Å²) in [5.41, 5.74) is -0.229. The molecule has 0 bridgehead atoms. The van der Waals surface area contributed by atoms with Crippen molar-refractivity contribution in [2.24, 2.45) is 0 Å². The van der Waals surface area contributed by atoms with E-state index in [4.69, 9.17) is 11.6 Å². The Balaban J connectivity index is 1.97. The van der Waals surface area contributed by atoms with Crippen LogP contribution in [0.2, 0.25) is 5.02 Å². The van der Waals surface area contributed by atoms with E-state index in [-0.39, 0.29) is 11.3 Å². The topological polar surface area (TPSA) is 84.3 Å². The minimum Gasteiger partial charge on any atom is -0.352 e. The van der Waals surface area contributed by atoms with Crippen molar-refractivity contribution in [3.8, 4) is 0 Å². The number of carbonyl (C=O) groups excluding carboxylic acids is 1. The molecular formula is C13H16ClN3O3. The van der Waals surface area contributed by atoms with Gasteiger partial charge < -0.3 is 10.6 Å². The van der Waals surface area contributed by atoms with Gasteiger partial charge in [-0.1, -0.05) is 11.6 Å². The van der Waals surface area contributed by atoms with E-state index in [2.05, 4.69) is 10.6 Å². The second kappa shape index (κ2) is 6.67. The zero-order valence-electron chi connectivity index (χ0n) is 10.9. The number of nitro groups is 1. The molecule has 0 spiro atoms. The number of rotatable bonds is 5. The number of nitrogens with zero attached hydrogens (tertiary/aromatic N) is 1. The van der Waals surface area contributed by atoms with Crippen molar-refractivity contribution in [2.45, 2.75) is 25.3 Å². The molecule has 1 atom stereocenters. The maximum absolute atomic E-state index is 12.0. The first kappa shape index (κ1) is 14.7. The fourth-order valence-electron chi connectivity index (χ4n) is 2.31. The Hall–Kier alpha value is -1.66. The number of nitro benzene ring substituents is 1. The molecule has 20 heavy (non-hydrogen) atoms. The normalized spacial score (nSPS) is 17.9. The minimum atomic E-state index is -0.580. The largest absolute Gasteiger partial charge is 0.352 e. The van der Waals surface area contributed by atoms with Crippen LogP contribution >= 0.6 is 11.6 Å². The molecule has 1 aromatic rings. The van der Waals surface area contributed by atoms with Gasteiger partial charge in [-0.3, -0.25) is 14.9 Å². The molecule has 1 heterocycles. The molecular weight excluding hydrogens is 282 g/mol. The Labute approximate surface area is 121 Å². The molecule has 1 aliphatic rings. The highest BCUT2D eigenvalue weighted by atomic mass is 35.5. The van der Waals surface area contributed by atoms with Gasteiger partial charge in [-0.2, -0.15) is 0 Å². The Morgan fingerprint density at radius 1 is 1.55 bits per heavy atom. The predicted molar refractivity (Wildman–Crippen MR) is 76.1 cm³/mol. The van der Waals surface area contributed by atoms with E-state index in [0.717, 1.165) is 25.8 Å². The second-order valence-electron chi connectivity index (χ2n) is 4.76. The summed E-state index contributed by atoms with van der Waals surface area (Å²) in [6.45, 7) is 1.50. The number of halogens is 1. The van der Waals surface area contributed by atoms with Crippen molar-refractivity contribution in [2.75, 3.05) is 13.1 Å². The third-order valence-corrected chi connectivity index (χ3v) is 3.58. The Morgan fingerprint density at radius 3 is 3.00 bits per heavy atom. The number of amides is 1. The summed E-state index contributed by atoms with van der Waals surface area (Å²) in [4.78, 5) is 22.3. The molecule has 2 rings (SSSR count). The number of carbonyl (C=O) groups is 1. The third-order valence-electron chi connectivity index (χ3n) is 3.34. The molecule has 0 radical (unpaired) electrons. The number of benzene rings is 1. The highest BCUT2D eigenvalue weighted by Gasteiger charge is 2.21. The maximum Gasteiger partial charge on any atom is 0.282 e. The molecule has 0 unspecified atom stereocenters. The van der Waals surface area contributed by atoms with Crippen LogP contribution in [0.4, 0.5) is 5.69 Å². The van der Waals surface area contributed by atoms with Crippen LogP contribution in [0.3, 0.4) is 0 Å². The first-order valence-electron chi connectivity index (χ1n) is 6.53. The summed E-state index contributed by atoms with van der Waals surface area (Å²) in [5, 5.41) is 17.2. The third kappa shape index (κ3) is 3.68. The SMILES string of the molecule is O=C(NCC[C@H]1CCCN1)c1cc(Cl)ccc1[N+](=O)[O-]. The monoisotopic (exact) mass is 297 g/mol. The molecule has 1 saturated heterocycles. The number of hydrogen-bond donors (Lipinski definition) is 2. The van der Waals surface area contributed by atoms with Gasteiger partial charge in [0.2, 0.25) is 0 Å². The smallest absolute Gasteiger partial charge is 0.282 e. The van der Waals surface area contributed by atoms with Gasteiger partial charge in [0, 0.05) is 23.7 Å². The van der Waals surface area contributed by atoms with Gasteiger partial charge in [0.25, 0.3) is 11.6 Å². The zero-order chi connectivity index (χ0) is 14.5. The molecule has 108 valence electrons. The quantitative estimate of drug-likeness (QED) is 0.644. The molecule has 1 fully saturated rings. The van der Waals surface area contributed by atoms with E-state index in [1.54, 1.807) is 0 Å². The van der Waals surface area contributed by atoms with Gasteiger partial charge in [0.15, 0.2) is 0 Å². The van der Waals surface area contributed by atoms with Gasteiger partial charge in [0.05, 0.1) is 4.92 Å². The highest BCUT2D eigenvalue weighted by molar-refractivity contribution is 6.31. The summed E-state index contributed by atoms with van der Waals surface area (Å²) in [6, 6.07) is 4.39. The number of nitrogens with one attached hydrogen (secondary N) is 2. The Morgan fingerprint density at radius 2 is 2.35 bits per heavy atom. The van der Waals surface area contributed by atoms with Crippen LogP contribution in [0, 0.1) is 10.1 Å². The molecule has 6 nitrogen and oxygen atoms in total. The first-order valence-corrected chi connectivity index (χ1v) is 6.91. The molecule has 1 aromatic carbocycles. The van der Waals surface area contributed by atoms with E-state index in [1.807, 2.05) is 0 Å². The average Bonchev–Trinajstić information content (AvgIpc) is 2.91. The van der Waals surface area contributed by atoms with Gasteiger partial charge >= 0.3 is 0 Å². The summed E-state index contributed by atoms with van der Waals surface area (Å²) in [5.74, 6) is -0.461. The van der Waals surface area contributed by atoms with Crippen LogP contribution in [0.5, 0.6) is 0 Å². The maximum atomic E-state index is 12.0. The molecule has 1 amide bonds. The van der Waals surface area contributed by atoms with Gasteiger partial charge in [-0.15, -0.1) is 0 Å². The molecule has 0 aliphatic carbocycles. The van der Waals surface area contributed by atoms with E-state index < -0.39 is 10.8 Å². The fourth-order valence-corrected chi connectivity index (χ4v) is 2.48. The van der Waals surface area contributed by atoms with Crippen molar-refractivity contribution in [3.63, 3.8) is 0 Å². The van der Waals surface area contributed by atoms with E-state index in [9.17, 15) is 14.9 Å².